The van der Waals surface area contributed by atoms with E-state index in [2.05, 4.69) is 21.8 Å². The number of sulfonamides is 1. The Hall–Kier alpha value is -2.86. The highest BCUT2D eigenvalue weighted by atomic mass is 32.2. The third kappa shape index (κ3) is 4.34. The second-order valence-electron chi connectivity index (χ2n) is 7.14. The molecule has 144 valence electrons. The van der Waals surface area contributed by atoms with Crippen LogP contribution in [0.15, 0.2) is 71.4 Å². The molecular weight excluding hydrogens is 370 g/mol. The molecule has 0 unspecified atom stereocenters. The van der Waals surface area contributed by atoms with Gasteiger partial charge in [-0.25, -0.2) is 13.4 Å². The molecular formula is C22H23N3O2S. The van der Waals surface area contributed by atoms with Gasteiger partial charge in [-0.2, -0.15) is 0 Å². The Morgan fingerprint density at radius 2 is 1.89 bits per heavy atom. The number of H-pyrrole nitrogens is 1. The monoisotopic (exact) mass is 393 g/mol. The minimum atomic E-state index is -3.29. The highest BCUT2D eigenvalue weighted by Gasteiger charge is 2.14. The van der Waals surface area contributed by atoms with E-state index in [-0.39, 0.29) is 0 Å². The molecule has 0 saturated heterocycles. The molecule has 4 rings (SSSR count). The van der Waals surface area contributed by atoms with Crippen LogP contribution in [-0.2, 0) is 10.0 Å². The summed E-state index contributed by atoms with van der Waals surface area (Å²) in [6.07, 6.45) is 9.81. The number of aliphatic imine (C=N–C) groups is 1. The molecule has 0 amide bonds. The fourth-order valence-corrected chi connectivity index (χ4v) is 4.09. The van der Waals surface area contributed by atoms with Crippen LogP contribution in [0.3, 0.4) is 0 Å². The van der Waals surface area contributed by atoms with E-state index in [9.17, 15) is 8.42 Å². The van der Waals surface area contributed by atoms with Gasteiger partial charge in [0.15, 0.2) is 0 Å². The molecule has 0 saturated carbocycles. The summed E-state index contributed by atoms with van der Waals surface area (Å²) in [6, 6.07) is 15.6. The van der Waals surface area contributed by atoms with Crippen molar-refractivity contribution < 1.29 is 8.42 Å². The topological polar surface area (TPSA) is 74.3 Å². The second-order valence-corrected chi connectivity index (χ2v) is 8.88. The van der Waals surface area contributed by atoms with Gasteiger partial charge in [0.25, 0.3) is 0 Å². The highest BCUT2D eigenvalue weighted by Crippen LogP contribution is 2.27. The van der Waals surface area contributed by atoms with Gasteiger partial charge in [0.2, 0.25) is 10.0 Å². The predicted molar refractivity (Wildman–Crippen MR) is 116 cm³/mol. The summed E-state index contributed by atoms with van der Waals surface area (Å²) in [5.41, 5.74) is 5.75. The zero-order chi connectivity index (χ0) is 19.6. The van der Waals surface area contributed by atoms with Gasteiger partial charge in [0, 0.05) is 28.4 Å². The molecule has 0 radical (unpaired) electrons. The maximum atomic E-state index is 11.4. The van der Waals surface area contributed by atoms with E-state index in [0.717, 1.165) is 53.4 Å². The summed E-state index contributed by atoms with van der Waals surface area (Å²) in [7, 11) is -3.29. The first-order valence-corrected chi connectivity index (χ1v) is 11.3. The summed E-state index contributed by atoms with van der Waals surface area (Å²) in [5, 5.41) is 1.13. The van der Waals surface area contributed by atoms with Crippen molar-refractivity contribution >= 4 is 38.0 Å². The summed E-state index contributed by atoms with van der Waals surface area (Å²) < 4.78 is 25.4. The van der Waals surface area contributed by atoms with Crippen LogP contribution in [0.4, 0.5) is 11.4 Å². The summed E-state index contributed by atoms with van der Waals surface area (Å²) in [6.45, 7) is 0. The summed E-state index contributed by atoms with van der Waals surface area (Å²) in [4.78, 5) is 8.19. The number of allylic oxidation sites excluding steroid dienone is 2. The quantitative estimate of drug-likeness (QED) is 0.588. The number of fused-ring (bicyclic) bond motifs is 1. The first-order valence-electron chi connectivity index (χ1n) is 9.41. The molecule has 3 aromatic rings. The van der Waals surface area contributed by atoms with Crippen molar-refractivity contribution in [2.45, 2.75) is 25.7 Å². The van der Waals surface area contributed by atoms with Gasteiger partial charge in [-0.3, -0.25) is 4.72 Å². The van der Waals surface area contributed by atoms with Crippen molar-refractivity contribution in [1.82, 2.24) is 4.98 Å². The largest absolute Gasteiger partial charge is 0.361 e. The minimum absolute atomic E-state index is 0.553. The van der Waals surface area contributed by atoms with Gasteiger partial charge >= 0.3 is 0 Å². The van der Waals surface area contributed by atoms with Gasteiger partial charge in [0.05, 0.1) is 17.7 Å². The average molecular weight is 394 g/mol. The van der Waals surface area contributed by atoms with Crippen LogP contribution in [0.5, 0.6) is 0 Å². The SMILES string of the molecule is CS(=O)(=O)Nc1ccc(C(=Nc2ccc3[nH]ccc3c2)C2=CCCCC2)cc1. The Morgan fingerprint density at radius 1 is 1.07 bits per heavy atom. The number of hydrogen-bond donors (Lipinski definition) is 2. The number of aromatic amines is 1. The molecule has 5 nitrogen and oxygen atoms in total. The molecule has 28 heavy (non-hydrogen) atoms. The molecule has 0 spiro atoms. The molecule has 0 fully saturated rings. The Morgan fingerprint density at radius 3 is 2.61 bits per heavy atom. The van der Waals surface area contributed by atoms with Gasteiger partial charge in [-0.15, -0.1) is 0 Å². The maximum absolute atomic E-state index is 11.4. The first-order chi connectivity index (χ1) is 13.5. The van der Waals surface area contributed by atoms with Crippen LogP contribution >= 0.6 is 0 Å². The standard InChI is InChI=1S/C22H23N3O2S/c1-28(26,27)25-19-9-7-17(8-10-19)22(16-5-3-2-4-6-16)24-20-11-12-21-18(15-20)13-14-23-21/h5,7-15,23,25H,2-4,6H2,1H3. The highest BCUT2D eigenvalue weighted by molar-refractivity contribution is 7.92. The first kappa shape index (κ1) is 18.5. The smallest absolute Gasteiger partial charge is 0.229 e. The number of benzene rings is 2. The Labute approximate surface area is 165 Å². The zero-order valence-corrected chi connectivity index (χ0v) is 16.6. The van der Waals surface area contributed by atoms with E-state index >= 15 is 0 Å². The number of hydrogen-bond acceptors (Lipinski definition) is 3. The molecule has 1 aliphatic rings. The fraction of sp³-hybridized carbons (Fsp3) is 0.227. The third-order valence-corrected chi connectivity index (χ3v) is 5.44. The van der Waals surface area contributed by atoms with Crippen LogP contribution in [0.25, 0.3) is 10.9 Å². The second kappa shape index (κ2) is 7.64. The fourth-order valence-electron chi connectivity index (χ4n) is 3.52. The molecule has 2 aromatic carbocycles. The summed E-state index contributed by atoms with van der Waals surface area (Å²) in [5.74, 6) is 0. The zero-order valence-electron chi connectivity index (χ0n) is 15.8. The van der Waals surface area contributed by atoms with Crippen LogP contribution in [0, 0.1) is 0 Å². The molecule has 6 heteroatoms. The molecule has 0 atom stereocenters. The van der Waals surface area contributed by atoms with Gasteiger partial charge in [-0.05, 0) is 67.7 Å². The van der Waals surface area contributed by atoms with E-state index in [1.807, 2.05) is 36.5 Å². The Kier molecular flexibility index (Phi) is 5.05. The van der Waals surface area contributed by atoms with E-state index in [1.165, 1.54) is 12.0 Å². The van der Waals surface area contributed by atoms with E-state index in [1.54, 1.807) is 12.1 Å². The lowest BCUT2D eigenvalue weighted by Crippen LogP contribution is -2.11. The van der Waals surface area contributed by atoms with Crippen molar-refractivity contribution in [3.05, 3.63) is 71.9 Å². The normalized spacial score (nSPS) is 15.5. The van der Waals surface area contributed by atoms with Crippen molar-refractivity contribution in [2.24, 2.45) is 4.99 Å². The maximum Gasteiger partial charge on any atom is 0.229 e. The van der Waals surface area contributed by atoms with Crippen molar-refractivity contribution in [3.63, 3.8) is 0 Å². The molecule has 0 bridgehead atoms. The van der Waals surface area contributed by atoms with Gasteiger partial charge in [-0.1, -0.05) is 18.2 Å². The van der Waals surface area contributed by atoms with Crippen LogP contribution in [0.1, 0.15) is 31.2 Å². The van der Waals surface area contributed by atoms with Crippen LogP contribution in [-0.4, -0.2) is 25.4 Å². The third-order valence-electron chi connectivity index (χ3n) is 4.83. The summed E-state index contributed by atoms with van der Waals surface area (Å²) >= 11 is 0. The molecule has 1 heterocycles. The molecule has 1 aliphatic carbocycles. The number of nitrogens with zero attached hydrogens (tertiary/aromatic N) is 1. The van der Waals surface area contributed by atoms with E-state index in [4.69, 9.17) is 4.99 Å². The number of aromatic nitrogens is 1. The van der Waals surface area contributed by atoms with Gasteiger partial charge in [0.1, 0.15) is 0 Å². The van der Waals surface area contributed by atoms with E-state index in [0.29, 0.717) is 5.69 Å². The van der Waals surface area contributed by atoms with Crippen molar-refractivity contribution in [1.29, 1.82) is 0 Å². The number of anilines is 1. The van der Waals surface area contributed by atoms with Gasteiger partial charge < -0.3 is 4.98 Å². The number of rotatable bonds is 5. The van der Waals surface area contributed by atoms with E-state index < -0.39 is 10.0 Å². The predicted octanol–water partition coefficient (Wildman–Crippen LogP) is 5.16. The molecule has 0 aliphatic heterocycles. The number of nitrogens with one attached hydrogen (secondary N) is 2. The Bertz CT molecular complexity index is 1160. The minimum Gasteiger partial charge on any atom is -0.361 e. The molecule has 2 N–H and O–H groups in total. The lowest BCUT2D eigenvalue weighted by atomic mass is 9.92. The lowest BCUT2D eigenvalue weighted by molar-refractivity contribution is 0.607. The van der Waals surface area contributed by atoms with Crippen molar-refractivity contribution in [2.75, 3.05) is 11.0 Å². The average Bonchev–Trinajstić information content (AvgIpc) is 3.14. The Balaban J connectivity index is 1.74. The van der Waals surface area contributed by atoms with Crippen LogP contribution in [0.2, 0.25) is 0 Å². The van der Waals surface area contributed by atoms with Crippen LogP contribution < -0.4 is 4.72 Å². The molecule has 1 aromatic heterocycles. The lowest BCUT2D eigenvalue weighted by Gasteiger charge is -2.16. The van der Waals surface area contributed by atoms with Crippen molar-refractivity contribution in [3.8, 4) is 0 Å².